The number of hydrogen-bond donors (Lipinski definition) is 1. The van der Waals surface area contributed by atoms with Crippen molar-refractivity contribution in [3.8, 4) is 0 Å². The molecule has 0 spiro atoms. The molecule has 0 bridgehead atoms. The van der Waals surface area contributed by atoms with Crippen molar-refractivity contribution in [2.24, 2.45) is 5.92 Å². The van der Waals surface area contributed by atoms with Gasteiger partial charge in [0.25, 0.3) is 0 Å². The molecule has 1 saturated carbocycles. The first-order valence-corrected chi connectivity index (χ1v) is 8.39. The van der Waals surface area contributed by atoms with Crippen molar-refractivity contribution in [1.29, 1.82) is 0 Å². The first kappa shape index (κ1) is 14.1. The van der Waals surface area contributed by atoms with Gasteiger partial charge in [-0.1, -0.05) is 43.7 Å². The van der Waals surface area contributed by atoms with Gasteiger partial charge in [-0.3, -0.25) is 0 Å². The molecule has 0 aromatic heterocycles. The summed E-state index contributed by atoms with van der Waals surface area (Å²) in [6.45, 7) is 6.12. The predicted octanol–water partition coefficient (Wildman–Crippen LogP) is 3.60. The molecule has 110 valence electrons. The van der Waals surface area contributed by atoms with Crippen molar-refractivity contribution in [1.82, 2.24) is 10.2 Å². The topological polar surface area (TPSA) is 15.3 Å². The van der Waals surface area contributed by atoms with Gasteiger partial charge in [0.05, 0.1) is 0 Å². The van der Waals surface area contributed by atoms with Crippen molar-refractivity contribution in [3.63, 3.8) is 0 Å². The van der Waals surface area contributed by atoms with Crippen LogP contribution >= 0.6 is 0 Å². The maximum atomic E-state index is 3.83. The van der Waals surface area contributed by atoms with Gasteiger partial charge in [0, 0.05) is 18.6 Å². The minimum Gasteiger partial charge on any atom is -0.310 e. The molecule has 2 aliphatic rings. The number of nitrogens with zero attached hydrogens (tertiary/aromatic N) is 1. The van der Waals surface area contributed by atoms with E-state index in [1.807, 2.05) is 0 Å². The molecule has 1 saturated heterocycles. The molecule has 2 atom stereocenters. The van der Waals surface area contributed by atoms with Crippen molar-refractivity contribution >= 4 is 0 Å². The van der Waals surface area contributed by atoms with Crippen LogP contribution in [0.15, 0.2) is 30.3 Å². The predicted molar refractivity (Wildman–Crippen MR) is 84.8 cm³/mol. The molecule has 3 rings (SSSR count). The highest BCUT2D eigenvalue weighted by molar-refractivity contribution is 5.18. The highest BCUT2D eigenvalue weighted by Crippen LogP contribution is 2.31. The third-order valence-corrected chi connectivity index (χ3v) is 4.81. The smallest absolute Gasteiger partial charge is 0.0320 e. The van der Waals surface area contributed by atoms with Crippen LogP contribution in [0.25, 0.3) is 0 Å². The Hall–Kier alpha value is -0.860. The normalized spacial score (nSPS) is 24.9. The lowest BCUT2D eigenvalue weighted by atomic mass is 10.0. The van der Waals surface area contributed by atoms with Gasteiger partial charge in [0.15, 0.2) is 0 Å². The zero-order valence-electron chi connectivity index (χ0n) is 12.7. The van der Waals surface area contributed by atoms with Gasteiger partial charge in [0.2, 0.25) is 0 Å². The van der Waals surface area contributed by atoms with Crippen LogP contribution in [0.1, 0.15) is 50.6 Å². The number of nitrogens with one attached hydrogen (secondary N) is 1. The van der Waals surface area contributed by atoms with Crippen molar-refractivity contribution in [2.75, 3.05) is 19.6 Å². The van der Waals surface area contributed by atoms with Crippen molar-refractivity contribution in [3.05, 3.63) is 35.9 Å². The van der Waals surface area contributed by atoms with Crippen molar-refractivity contribution < 1.29 is 0 Å². The zero-order chi connectivity index (χ0) is 13.8. The lowest BCUT2D eigenvalue weighted by Gasteiger charge is -2.21. The second-order valence-corrected chi connectivity index (χ2v) is 6.54. The molecule has 0 radical (unpaired) electrons. The Morgan fingerprint density at radius 1 is 1.20 bits per heavy atom. The highest BCUT2D eigenvalue weighted by Gasteiger charge is 2.34. The van der Waals surface area contributed by atoms with Gasteiger partial charge in [-0.15, -0.1) is 0 Å². The summed E-state index contributed by atoms with van der Waals surface area (Å²) < 4.78 is 0. The van der Waals surface area contributed by atoms with Crippen LogP contribution in [-0.2, 0) is 0 Å². The first-order chi connectivity index (χ1) is 9.86. The summed E-state index contributed by atoms with van der Waals surface area (Å²) in [6, 6.07) is 12.4. The number of hydrogen-bond acceptors (Lipinski definition) is 2. The zero-order valence-corrected chi connectivity index (χ0v) is 12.7. The van der Waals surface area contributed by atoms with Crippen molar-refractivity contribution in [2.45, 2.75) is 51.1 Å². The third-order valence-electron chi connectivity index (χ3n) is 4.81. The fraction of sp³-hybridized carbons (Fsp3) is 0.667. The van der Waals surface area contributed by atoms with Crippen LogP contribution in [0.5, 0.6) is 0 Å². The Balaban J connectivity index is 1.49. The van der Waals surface area contributed by atoms with Crippen LogP contribution in [-0.4, -0.2) is 30.6 Å². The number of rotatable bonds is 7. The molecule has 2 nitrogen and oxygen atoms in total. The van der Waals surface area contributed by atoms with E-state index in [2.05, 4.69) is 47.5 Å². The fourth-order valence-corrected chi connectivity index (χ4v) is 3.47. The van der Waals surface area contributed by atoms with Crippen LogP contribution in [0.4, 0.5) is 0 Å². The van der Waals surface area contributed by atoms with Gasteiger partial charge in [-0.25, -0.2) is 0 Å². The molecular formula is C18H28N2. The molecule has 1 aromatic carbocycles. The first-order valence-electron chi connectivity index (χ1n) is 8.39. The molecular weight excluding hydrogens is 244 g/mol. The summed E-state index contributed by atoms with van der Waals surface area (Å²) in [5.74, 6) is 0.860. The van der Waals surface area contributed by atoms with E-state index < -0.39 is 0 Å². The summed E-state index contributed by atoms with van der Waals surface area (Å²) in [7, 11) is 0. The lowest BCUT2D eigenvalue weighted by Crippen LogP contribution is -2.30. The van der Waals surface area contributed by atoms with Crippen LogP contribution < -0.4 is 5.32 Å². The van der Waals surface area contributed by atoms with E-state index >= 15 is 0 Å². The Labute approximate surface area is 123 Å². The minimum atomic E-state index is 0.538. The average molecular weight is 272 g/mol. The molecule has 2 unspecified atom stereocenters. The quantitative estimate of drug-likeness (QED) is 0.816. The minimum absolute atomic E-state index is 0.538. The number of likely N-dealkylation sites (tertiary alicyclic amines) is 1. The summed E-state index contributed by atoms with van der Waals surface area (Å²) in [5, 5.41) is 3.83. The lowest BCUT2D eigenvalue weighted by molar-refractivity contribution is 0.308. The summed E-state index contributed by atoms with van der Waals surface area (Å²) in [6.07, 6.45) is 6.76. The third kappa shape index (κ3) is 3.62. The molecule has 1 aliphatic carbocycles. The Morgan fingerprint density at radius 2 is 2.00 bits per heavy atom. The van der Waals surface area contributed by atoms with E-state index in [9.17, 15) is 0 Å². The van der Waals surface area contributed by atoms with Crippen LogP contribution in [0.2, 0.25) is 0 Å². The maximum absolute atomic E-state index is 3.83. The molecule has 0 amide bonds. The van der Waals surface area contributed by atoms with E-state index in [0.29, 0.717) is 6.04 Å². The number of benzene rings is 1. The second kappa shape index (κ2) is 6.73. The largest absolute Gasteiger partial charge is 0.310 e. The highest BCUT2D eigenvalue weighted by atomic mass is 15.2. The van der Waals surface area contributed by atoms with Gasteiger partial charge < -0.3 is 10.2 Å². The molecule has 1 aliphatic heterocycles. The monoisotopic (exact) mass is 272 g/mol. The second-order valence-electron chi connectivity index (χ2n) is 6.54. The molecule has 20 heavy (non-hydrogen) atoms. The van der Waals surface area contributed by atoms with E-state index in [1.54, 1.807) is 0 Å². The molecule has 2 heteroatoms. The summed E-state index contributed by atoms with van der Waals surface area (Å²) in [5.41, 5.74) is 1.45. The Kier molecular flexibility index (Phi) is 4.74. The van der Waals surface area contributed by atoms with E-state index in [0.717, 1.165) is 12.0 Å². The fourth-order valence-electron chi connectivity index (χ4n) is 3.47. The van der Waals surface area contributed by atoms with Gasteiger partial charge in [-0.05, 0) is 50.3 Å². The maximum Gasteiger partial charge on any atom is 0.0320 e. The SMILES string of the molecule is CCCC(NCC1CCN(C2CC2)C1)c1ccccc1. The molecule has 1 N–H and O–H groups in total. The molecule has 2 fully saturated rings. The van der Waals surface area contributed by atoms with E-state index in [1.165, 1.54) is 57.3 Å². The molecule has 1 aromatic rings. The Morgan fingerprint density at radius 3 is 2.70 bits per heavy atom. The van der Waals surface area contributed by atoms with Gasteiger partial charge in [0.1, 0.15) is 0 Å². The van der Waals surface area contributed by atoms with Gasteiger partial charge >= 0.3 is 0 Å². The van der Waals surface area contributed by atoms with Crippen LogP contribution in [0.3, 0.4) is 0 Å². The average Bonchev–Trinajstić information content (AvgIpc) is 3.24. The van der Waals surface area contributed by atoms with E-state index in [-0.39, 0.29) is 0 Å². The standard InChI is InChI=1S/C18H28N2/c1-2-6-18(16-7-4-3-5-8-16)19-13-15-11-12-20(14-15)17-9-10-17/h3-5,7-8,15,17-19H,2,6,9-14H2,1H3. The summed E-state index contributed by atoms with van der Waals surface area (Å²) in [4.78, 5) is 2.71. The summed E-state index contributed by atoms with van der Waals surface area (Å²) >= 11 is 0. The van der Waals surface area contributed by atoms with Crippen LogP contribution in [0, 0.1) is 5.92 Å². The molecule has 1 heterocycles. The van der Waals surface area contributed by atoms with E-state index in [4.69, 9.17) is 0 Å². The van der Waals surface area contributed by atoms with Gasteiger partial charge in [-0.2, -0.15) is 0 Å². The Bertz CT molecular complexity index is 399.